The van der Waals surface area contributed by atoms with Crippen molar-refractivity contribution in [2.45, 2.75) is 17.6 Å². The number of rotatable bonds is 9. The maximum Gasteiger partial charge on any atom is 0.391 e. The number of nitrogens with zero attached hydrogens (tertiary/aromatic N) is 1. The minimum atomic E-state index is -4.48. The van der Waals surface area contributed by atoms with Gasteiger partial charge in [-0.2, -0.15) is 9.98 Å². The number of fused-ring (bicyclic) bond motifs is 1. The van der Waals surface area contributed by atoms with Gasteiger partial charge in [0, 0.05) is 10.8 Å². The van der Waals surface area contributed by atoms with Gasteiger partial charge < -0.3 is 14.2 Å². The first-order chi connectivity index (χ1) is 14.6. The fourth-order valence-electron chi connectivity index (χ4n) is 2.52. The molecule has 0 fully saturated rings. The van der Waals surface area contributed by atoms with Crippen LogP contribution in [0.25, 0.3) is 10.1 Å². The number of hydrogen-bond acceptors (Lipinski definition) is 7. The van der Waals surface area contributed by atoms with Gasteiger partial charge >= 0.3 is 7.60 Å². The number of benzene rings is 2. The van der Waals surface area contributed by atoms with Crippen molar-refractivity contribution in [3.8, 4) is 17.6 Å². The maximum absolute atomic E-state index is 13.6. The van der Waals surface area contributed by atoms with Crippen molar-refractivity contribution in [2.75, 3.05) is 12.9 Å². The zero-order valence-corrected chi connectivity index (χ0v) is 18.8. The molecular formula is C19H18FN2O6PS2. The second-order valence-electron chi connectivity index (χ2n) is 6.40. The van der Waals surface area contributed by atoms with Gasteiger partial charge in [0.1, 0.15) is 33.9 Å². The Morgan fingerprint density at radius 3 is 2.65 bits per heavy atom. The van der Waals surface area contributed by atoms with E-state index < -0.39 is 29.7 Å². The Hall–Kier alpha value is -2.48. The predicted octanol–water partition coefficient (Wildman–Crippen LogP) is 4.20. The first-order valence-corrected chi connectivity index (χ1v) is 13.1. The van der Waals surface area contributed by atoms with Crippen LogP contribution in [-0.2, 0) is 14.6 Å². The molecule has 3 aromatic rings. The summed E-state index contributed by atoms with van der Waals surface area (Å²) < 4.78 is 64.1. The maximum atomic E-state index is 13.6. The summed E-state index contributed by atoms with van der Waals surface area (Å²) in [4.78, 5) is 9.96. The number of halogens is 1. The molecule has 0 amide bonds. The number of thiophene rings is 1. The van der Waals surface area contributed by atoms with Gasteiger partial charge in [0.15, 0.2) is 0 Å². The van der Waals surface area contributed by atoms with E-state index in [2.05, 4.69) is 4.72 Å². The van der Waals surface area contributed by atoms with Crippen LogP contribution in [0.5, 0.6) is 11.5 Å². The molecule has 2 aromatic carbocycles. The molecule has 164 valence electrons. The molecule has 31 heavy (non-hydrogen) atoms. The number of nitrogens with one attached hydrogen (secondary N) is 1. The van der Waals surface area contributed by atoms with Crippen molar-refractivity contribution in [3.05, 3.63) is 53.8 Å². The number of nitriles is 1. The van der Waals surface area contributed by atoms with E-state index in [4.69, 9.17) is 14.5 Å². The lowest BCUT2D eigenvalue weighted by Crippen LogP contribution is -2.25. The van der Waals surface area contributed by atoms with Crippen molar-refractivity contribution >= 4 is 39.0 Å². The Balaban J connectivity index is 1.72. The van der Waals surface area contributed by atoms with E-state index in [0.717, 1.165) is 36.0 Å². The van der Waals surface area contributed by atoms with E-state index in [1.165, 1.54) is 6.07 Å². The number of sulfonamides is 1. The third-order valence-electron chi connectivity index (χ3n) is 3.97. The van der Waals surface area contributed by atoms with Crippen molar-refractivity contribution in [1.29, 1.82) is 5.26 Å². The fraction of sp³-hybridized carbons (Fsp3) is 0.211. The zero-order valence-electron chi connectivity index (χ0n) is 16.2. The van der Waals surface area contributed by atoms with E-state index in [0.29, 0.717) is 22.4 Å². The van der Waals surface area contributed by atoms with E-state index in [1.807, 2.05) is 6.92 Å². The molecule has 0 aliphatic rings. The van der Waals surface area contributed by atoms with Crippen molar-refractivity contribution in [1.82, 2.24) is 4.72 Å². The summed E-state index contributed by atoms with van der Waals surface area (Å²) in [6.07, 6.45) is -0.0837. The first kappa shape index (κ1) is 23.2. The summed E-state index contributed by atoms with van der Waals surface area (Å²) in [7, 11) is -8.58. The normalized spacial score (nSPS) is 13.5. The van der Waals surface area contributed by atoms with Crippen LogP contribution in [0.1, 0.15) is 18.9 Å². The van der Waals surface area contributed by atoms with Crippen LogP contribution < -0.4 is 14.0 Å². The van der Waals surface area contributed by atoms with Crippen LogP contribution in [-0.4, -0.2) is 26.2 Å². The Morgan fingerprint density at radius 1 is 1.23 bits per heavy atom. The zero-order chi connectivity index (χ0) is 22.6. The summed E-state index contributed by atoms with van der Waals surface area (Å²) in [6, 6.07) is 11.3. The molecule has 3 rings (SSSR count). The van der Waals surface area contributed by atoms with Crippen LogP contribution in [0.15, 0.2) is 46.7 Å². The lowest BCUT2D eigenvalue weighted by molar-refractivity contribution is 0.318. The van der Waals surface area contributed by atoms with Gasteiger partial charge in [-0.15, -0.1) is 11.3 Å². The van der Waals surface area contributed by atoms with Gasteiger partial charge in [0.05, 0.1) is 12.2 Å². The number of ether oxygens (including phenoxy) is 1. The summed E-state index contributed by atoms with van der Waals surface area (Å²) in [5.74, 6) is -0.608. The van der Waals surface area contributed by atoms with E-state index in [1.54, 1.807) is 24.3 Å². The first-order valence-electron chi connectivity index (χ1n) is 9.00. The van der Waals surface area contributed by atoms with Crippen molar-refractivity contribution < 1.29 is 31.5 Å². The predicted molar refractivity (Wildman–Crippen MR) is 114 cm³/mol. The summed E-state index contributed by atoms with van der Waals surface area (Å²) in [5, 5.41) is 9.37. The highest BCUT2D eigenvalue weighted by Gasteiger charge is 2.27. The molecule has 0 bridgehead atoms. The third kappa shape index (κ3) is 5.81. The molecule has 1 atom stereocenters. The average molecular weight is 484 g/mol. The lowest BCUT2D eigenvalue weighted by atomic mass is 10.2. The highest BCUT2D eigenvalue weighted by atomic mass is 32.2. The molecule has 1 heterocycles. The van der Waals surface area contributed by atoms with Gasteiger partial charge in [-0.05, 0) is 48.2 Å². The van der Waals surface area contributed by atoms with Crippen LogP contribution in [0.2, 0.25) is 0 Å². The fourth-order valence-corrected chi connectivity index (χ4v) is 6.44. The second-order valence-corrected chi connectivity index (χ2v) is 11.3. The molecule has 0 aliphatic heterocycles. The van der Waals surface area contributed by atoms with E-state index in [9.17, 15) is 22.3 Å². The van der Waals surface area contributed by atoms with Gasteiger partial charge in [0.25, 0.3) is 10.0 Å². The topological polar surface area (TPSA) is 126 Å². The largest absolute Gasteiger partial charge is 0.494 e. The molecule has 8 nitrogen and oxygen atoms in total. The Kier molecular flexibility index (Phi) is 6.99. The molecule has 0 spiro atoms. The molecule has 0 radical (unpaired) electrons. The minimum Gasteiger partial charge on any atom is -0.494 e. The summed E-state index contributed by atoms with van der Waals surface area (Å²) in [5.41, 5.74) is -0.256. The monoisotopic (exact) mass is 484 g/mol. The second kappa shape index (κ2) is 9.34. The van der Waals surface area contributed by atoms with Crippen molar-refractivity contribution in [3.63, 3.8) is 0 Å². The van der Waals surface area contributed by atoms with Crippen LogP contribution in [0.3, 0.4) is 0 Å². The van der Waals surface area contributed by atoms with Gasteiger partial charge in [-0.3, -0.25) is 0 Å². The van der Waals surface area contributed by atoms with E-state index in [-0.39, 0.29) is 15.5 Å². The molecule has 12 heteroatoms. The van der Waals surface area contributed by atoms with Gasteiger partial charge in [-0.1, -0.05) is 6.92 Å². The lowest BCUT2D eigenvalue weighted by Gasteiger charge is -2.14. The van der Waals surface area contributed by atoms with Crippen LogP contribution >= 0.6 is 18.9 Å². The number of hydrogen-bond donors (Lipinski definition) is 2. The van der Waals surface area contributed by atoms with E-state index >= 15 is 0 Å². The molecule has 1 unspecified atom stereocenters. The Morgan fingerprint density at radius 2 is 1.97 bits per heavy atom. The van der Waals surface area contributed by atoms with Crippen LogP contribution in [0, 0.1) is 17.1 Å². The summed E-state index contributed by atoms with van der Waals surface area (Å²) >= 11 is 0.999. The third-order valence-corrected chi connectivity index (χ3v) is 8.23. The summed E-state index contributed by atoms with van der Waals surface area (Å²) in [6.45, 7) is 2.51. The Bertz CT molecular complexity index is 1300. The molecule has 0 aliphatic carbocycles. The van der Waals surface area contributed by atoms with Gasteiger partial charge in [-0.25, -0.2) is 17.4 Å². The van der Waals surface area contributed by atoms with Crippen LogP contribution in [0.4, 0.5) is 4.39 Å². The van der Waals surface area contributed by atoms with Crippen molar-refractivity contribution in [2.24, 2.45) is 0 Å². The quantitative estimate of drug-likeness (QED) is 0.436. The smallest absolute Gasteiger partial charge is 0.391 e. The Labute approximate surface area is 182 Å². The molecule has 2 N–H and O–H groups in total. The van der Waals surface area contributed by atoms with Gasteiger partial charge in [0.2, 0.25) is 0 Å². The SMILES string of the molecule is CCCOc1ccc2sc(S(=O)(=O)NCP(=O)(O)Oc3ccc(C#N)c(F)c3)cc2c1. The molecule has 1 aromatic heterocycles. The molecular weight excluding hydrogens is 466 g/mol. The average Bonchev–Trinajstić information content (AvgIpc) is 3.15. The standard InChI is InChI=1S/C19H18FN2O6PS2/c1-2-7-27-15-5-6-18-14(8-15)9-19(30-18)31(25,26)22-12-29(23,24)28-16-4-3-13(11-21)17(20)10-16/h3-6,8-10,22H,2,7,12H2,1H3,(H,23,24). The minimum absolute atomic E-state index is 0.0421. The highest BCUT2D eigenvalue weighted by Crippen LogP contribution is 2.42. The molecule has 0 saturated heterocycles. The molecule has 0 saturated carbocycles. The highest BCUT2D eigenvalue weighted by molar-refractivity contribution is 7.92.